The van der Waals surface area contributed by atoms with Gasteiger partial charge in [-0.05, 0) is 70.7 Å². The number of rotatable bonds is 5. The van der Waals surface area contributed by atoms with Crippen molar-refractivity contribution in [3.05, 3.63) is 91.9 Å². The fraction of sp³-hybridized carbons (Fsp3) is 0.136. The minimum atomic E-state index is 0.506. The summed E-state index contributed by atoms with van der Waals surface area (Å²) in [5.41, 5.74) is 5.47. The van der Waals surface area contributed by atoms with Crippen molar-refractivity contribution in [2.75, 3.05) is 0 Å². The van der Waals surface area contributed by atoms with Crippen LogP contribution in [-0.2, 0) is 6.61 Å². The average molecular weight is 473 g/mol. The van der Waals surface area contributed by atoms with Gasteiger partial charge in [0.2, 0.25) is 0 Å². The Kier molecular flexibility index (Phi) is 6.28. The molecule has 3 rings (SSSR count). The van der Waals surface area contributed by atoms with Crippen LogP contribution in [0.15, 0.2) is 74.6 Å². The van der Waals surface area contributed by atoms with Gasteiger partial charge < -0.3 is 4.74 Å². The van der Waals surface area contributed by atoms with E-state index in [1.165, 1.54) is 11.1 Å². The summed E-state index contributed by atoms with van der Waals surface area (Å²) < 4.78 is 7.94. The van der Waals surface area contributed by atoms with Gasteiger partial charge in [-0.2, -0.15) is 0 Å². The monoisotopic (exact) mass is 471 g/mol. The third kappa shape index (κ3) is 4.83. The first-order chi connectivity index (χ1) is 12.5. The quantitative estimate of drug-likeness (QED) is 0.361. The highest BCUT2D eigenvalue weighted by Crippen LogP contribution is 2.33. The summed E-state index contributed by atoms with van der Waals surface area (Å²) in [6.45, 7) is 4.70. The van der Waals surface area contributed by atoms with E-state index in [0.717, 1.165) is 31.5 Å². The van der Waals surface area contributed by atoms with Crippen molar-refractivity contribution >= 4 is 43.8 Å². The topological polar surface area (TPSA) is 21.6 Å². The van der Waals surface area contributed by atoms with Crippen molar-refractivity contribution in [2.45, 2.75) is 20.5 Å². The average Bonchev–Trinajstić information content (AvgIpc) is 2.62. The van der Waals surface area contributed by atoms with Gasteiger partial charge in [0, 0.05) is 16.3 Å². The van der Waals surface area contributed by atoms with Crippen molar-refractivity contribution in [2.24, 2.45) is 4.99 Å². The summed E-state index contributed by atoms with van der Waals surface area (Å²) in [5.74, 6) is 0.782. The molecule has 0 bridgehead atoms. The van der Waals surface area contributed by atoms with E-state index in [2.05, 4.69) is 75.0 Å². The van der Waals surface area contributed by atoms with Crippen LogP contribution in [0.5, 0.6) is 5.75 Å². The molecular formula is C22H19Br2NO. The van der Waals surface area contributed by atoms with Crippen molar-refractivity contribution < 1.29 is 4.74 Å². The van der Waals surface area contributed by atoms with Crippen molar-refractivity contribution in [3.63, 3.8) is 0 Å². The SMILES string of the molecule is Cc1ccc(N=Cc2cc(Br)cc(Br)c2OCc2ccccc2)cc1C. The Labute approximate surface area is 171 Å². The predicted molar refractivity (Wildman–Crippen MR) is 116 cm³/mol. The number of hydrogen-bond acceptors (Lipinski definition) is 2. The lowest BCUT2D eigenvalue weighted by molar-refractivity contribution is 0.304. The molecule has 0 aliphatic carbocycles. The molecule has 0 saturated heterocycles. The van der Waals surface area contributed by atoms with E-state index in [-0.39, 0.29) is 0 Å². The second-order valence-corrected chi connectivity index (χ2v) is 7.88. The van der Waals surface area contributed by atoms with E-state index in [0.29, 0.717) is 6.61 Å². The fourth-order valence-corrected chi connectivity index (χ4v) is 3.88. The van der Waals surface area contributed by atoms with E-state index < -0.39 is 0 Å². The first kappa shape index (κ1) is 18.9. The minimum absolute atomic E-state index is 0.506. The van der Waals surface area contributed by atoms with Crippen molar-refractivity contribution in [1.82, 2.24) is 0 Å². The molecule has 132 valence electrons. The molecule has 0 saturated carbocycles. The zero-order valence-corrected chi connectivity index (χ0v) is 17.8. The lowest BCUT2D eigenvalue weighted by atomic mass is 10.1. The minimum Gasteiger partial charge on any atom is -0.487 e. The fourth-order valence-electron chi connectivity index (χ4n) is 2.51. The van der Waals surface area contributed by atoms with Gasteiger partial charge in [-0.15, -0.1) is 0 Å². The highest BCUT2D eigenvalue weighted by atomic mass is 79.9. The Balaban J connectivity index is 1.87. The first-order valence-corrected chi connectivity index (χ1v) is 9.88. The maximum Gasteiger partial charge on any atom is 0.142 e. The van der Waals surface area contributed by atoms with Gasteiger partial charge in [0.25, 0.3) is 0 Å². The van der Waals surface area contributed by atoms with Gasteiger partial charge in [-0.1, -0.05) is 52.3 Å². The molecule has 0 aliphatic rings. The number of benzene rings is 3. The Bertz CT molecular complexity index is 936. The Morgan fingerprint density at radius 1 is 0.923 bits per heavy atom. The van der Waals surface area contributed by atoms with Gasteiger partial charge in [0.05, 0.1) is 10.2 Å². The standard InChI is InChI=1S/C22H19Br2NO/c1-15-8-9-20(10-16(15)2)25-13-18-11-19(23)12-21(24)22(18)26-14-17-6-4-3-5-7-17/h3-13H,14H2,1-2H3. The van der Waals surface area contributed by atoms with Crippen LogP contribution in [0.25, 0.3) is 0 Å². The van der Waals surface area contributed by atoms with E-state index in [4.69, 9.17) is 4.74 Å². The Hall–Kier alpha value is -1.91. The number of aryl methyl sites for hydroxylation is 2. The second-order valence-electron chi connectivity index (χ2n) is 6.11. The second kappa shape index (κ2) is 8.65. The summed E-state index contributed by atoms with van der Waals surface area (Å²) in [4.78, 5) is 4.63. The van der Waals surface area contributed by atoms with E-state index in [1.807, 2.05) is 42.6 Å². The van der Waals surface area contributed by atoms with Gasteiger partial charge in [-0.25, -0.2) is 0 Å². The molecule has 4 heteroatoms. The summed E-state index contributed by atoms with van der Waals surface area (Å²) in [7, 11) is 0. The lowest BCUT2D eigenvalue weighted by Crippen LogP contribution is -1.99. The largest absolute Gasteiger partial charge is 0.487 e. The van der Waals surface area contributed by atoms with Crippen LogP contribution < -0.4 is 4.74 Å². The molecule has 0 aliphatic heterocycles. The predicted octanol–water partition coefficient (Wildman–Crippen LogP) is 7.16. The van der Waals surface area contributed by atoms with Crippen LogP contribution in [-0.4, -0.2) is 6.21 Å². The van der Waals surface area contributed by atoms with Gasteiger partial charge >= 0.3 is 0 Å². The van der Waals surface area contributed by atoms with Crippen LogP contribution in [0.1, 0.15) is 22.3 Å². The molecule has 0 spiro atoms. The van der Waals surface area contributed by atoms with E-state index >= 15 is 0 Å². The number of aliphatic imine (C=N–C) groups is 1. The molecule has 0 N–H and O–H groups in total. The maximum absolute atomic E-state index is 6.08. The van der Waals surface area contributed by atoms with Crippen LogP contribution >= 0.6 is 31.9 Å². The van der Waals surface area contributed by atoms with Gasteiger partial charge in [-0.3, -0.25) is 4.99 Å². The molecule has 0 radical (unpaired) electrons. The maximum atomic E-state index is 6.08. The van der Waals surface area contributed by atoms with Crippen LogP contribution in [0, 0.1) is 13.8 Å². The highest BCUT2D eigenvalue weighted by Gasteiger charge is 2.09. The molecule has 2 nitrogen and oxygen atoms in total. The van der Waals surface area contributed by atoms with E-state index in [1.54, 1.807) is 0 Å². The molecule has 0 atom stereocenters. The zero-order valence-electron chi connectivity index (χ0n) is 14.7. The molecule has 0 heterocycles. The van der Waals surface area contributed by atoms with Crippen LogP contribution in [0.2, 0.25) is 0 Å². The first-order valence-electron chi connectivity index (χ1n) is 8.30. The third-order valence-electron chi connectivity index (χ3n) is 4.11. The number of nitrogens with zero attached hydrogens (tertiary/aromatic N) is 1. The van der Waals surface area contributed by atoms with Crippen LogP contribution in [0.3, 0.4) is 0 Å². The van der Waals surface area contributed by atoms with Crippen LogP contribution in [0.4, 0.5) is 5.69 Å². The number of ether oxygens (including phenoxy) is 1. The normalized spacial score (nSPS) is 11.1. The molecule has 0 amide bonds. The van der Waals surface area contributed by atoms with E-state index in [9.17, 15) is 0 Å². The molecule has 3 aromatic carbocycles. The summed E-state index contributed by atoms with van der Waals surface area (Å²) >= 11 is 7.15. The molecular weight excluding hydrogens is 454 g/mol. The lowest BCUT2D eigenvalue weighted by Gasteiger charge is -2.12. The van der Waals surface area contributed by atoms with Gasteiger partial charge in [0.15, 0.2) is 0 Å². The highest BCUT2D eigenvalue weighted by molar-refractivity contribution is 9.11. The summed E-state index contributed by atoms with van der Waals surface area (Å²) in [5, 5.41) is 0. The molecule has 0 unspecified atom stereocenters. The van der Waals surface area contributed by atoms with Gasteiger partial charge in [0.1, 0.15) is 12.4 Å². The molecule has 0 aromatic heterocycles. The number of hydrogen-bond donors (Lipinski definition) is 0. The molecule has 0 fully saturated rings. The summed E-state index contributed by atoms with van der Waals surface area (Å²) in [6.07, 6.45) is 1.85. The molecule has 26 heavy (non-hydrogen) atoms. The smallest absolute Gasteiger partial charge is 0.142 e. The Morgan fingerprint density at radius 2 is 1.69 bits per heavy atom. The zero-order chi connectivity index (χ0) is 18.5. The van der Waals surface area contributed by atoms with Crippen molar-refractivity contribution in [3.8, 4) is 5.75 Å². The molecule has 3 aromatic rings. The summed E-state index contributed by atoms with van der Waals surface area (Å²) in [6, 6.07) is 20.3. The Morgan fingerprint density at radius 3 is 2.42 bits per heavy atom. The third-order valence-corrected chi connectivity index (χ3v) is 5.15. The number of halogens is 2. The van der Waals surface area contributed by atoms with Crippen molar-refractivity contribution in [1.29, 1.82) is 0 Å².